The van der Waals surface area contributed by atoms with Gasteiger partial charge in [0, 0.05) is 17.8 Å². The molecule has 0 saturated heterocycles. The zero-order chi connectivity index (χ0) is 14.8. The molecule has 1 aromatic heterocycles. The van der Waals surface area contributed by atoms with Crippen molar-refractivity contribution < 1.29 is 13.2 Å². The minimum Gasteiger partial charge on any atom is -0.345 e. The summed E-state index contributed by atoms with van der Waals surface area (Å²) in [7, 11) is -3.38. The van der Waals surface area contributed by atoms with Crippen molar-refractivity contribution in [1.29, 1.82) is 0 Å². The Bertz CT molecular complexity index is 727. The van der Waals surface area contributed by atoms with Crippen LogP contribution in [0.5, 0.6) is 0 Å². The molecule has 1 heterocycles. The summed E-state index contributed by atoms with van der Waals surface area (Å²) in [6.45, 7) is 0.274. The maximum Gasteiger partial charge on any atom is 0.253 e. The molecule has 106 valence electrons. The van der Waals surface area contributed by atoms with Crippen molar-refractivity contribution >= 4 is 38.7 Å². The number of amides is 1. The van der Waals surface area contributed by atoms with Crippen molar-refractivity contribution in [2.75, 3.05) is 6.26 Å². The summed E-state index contributed by atoms with van der Waals surface area (Å²) in [4.78, 5) is 16.1. The van der Waals surface area contributed by atoms with Gasteiger partial charge in [-0.1, -0.05) is 11.6 Å². The van der Waals surface area contributed by atoms with Crippen molar-refractivity contribution in [2.45, 2.75) is 11.4 Å². The SMILES string of the molecule is CS(=O)(=O)c1ccc(Cl)c(C(=O)NCc2nccs2)c1. The van der Waals surface area contributed by atoms with Crippen LogP contribution in [0, 0.1) is 0 Å². The fraction of sp³-hybridized carbons (Fsp3) is 0.167. The van der Waals surface area contributed by atoms with Crippen LogP contribution in [0.15, 0.2) is 34.7 Å². The Morgan fingerprint density at radius 2 is 2.20 bits per heavy atom. The number of hydrogen-bond acceptors (Lipinski definition) is 5. The van der Waals surface area contributed by atoms with Crippen molar-refractivity contribution in [2.24, 2.45) is 0 Å². The van der Waals surface area contributed by atoms with E-state index in [1.807, 2.05) is 0 Å². The molecule has 1 aromatic carbocycles. The predicted octanol–water partition coefficient (Wildman–Crippen LogP) is 2.13. The molecule has 0 spiro atoms. The largest absolute Gasteiger partial charge is 0.345 e. The van der Waals surface area contributed by atoms with Crippen LogP contribution in [-0.4, -0.2) is 25.6 Å². The Hall–Kier alpha value is -1.44. The van der Waals surface area contributed by atoms with Gasteiger partial charge in [0.1, 0.15) is 5.01 Å². The van der Waals surface area contributed by atoms with Crippen LogP contribution < -0.4 is 5.32 Å². The first-order valence-electron chi connectivity index (χ1n) is 5.54. The fourth-order valence-corrected chi connectivity index (χ4v) is 2.91. The highest BCUT2D eigenvalue weighted by molar-refractivity contribution is 7.90. The highest BCUT2D eigenvalue weighted by Gasteiger charge is 2.15. The lowest BCUT2D eigenvalue weighted by Gasteiger charge is -2.07. The topological polar surface area (TPSA) is 76.1 Å². The summed E-state index contributed by atoms with van der Waals surface area (Å²) in [5.41, 5.74) is 0.131. The van der Waals surface area contributed by atoms with E-state index in [1.165, 1.54) is 29.5 Å². The average Bonchev–Trinajstić information content (AvgIpc) is 2.88. The molecule has 2 rings (SSSR count). The summed E-state index contributed by atoms with van der Waals surface area (Å²) in [6.07, 6.45) is 2.72. The molecule has 0 fully saturated rings. The third-order valence-electron chi connectivity index (χ3n) is 2.49. The van der Waals surface area contributed by atoms with Gasteiger partial charge in [0.2, 0.25) is 0 Å². The van der Waals surface area contributed by atoms with Gasteiger partial charge in [-0.15, -0.1) is 11.3 Å². The van der Waals surface area contributed by atoms with Gasteiger partial charge in [-0.2, -0.15) is 0 Å². The number of nitrogens with one attached hydrogen (secondary N) is 1. The lowest BCUT2D eigenvalue weighted by atomic mass is 10.2. The fourth-order valence-electron chi connectivity index (χ4n) is 1.50. The van der Waals surface area contributed by atoms with Gasteiger partial charge in [-0.25, -0.2) is 13.4 Å². The lowest BCUT2D eigenvalue weighted by molar-refractivity contribution is 0.0951. The number of halogens is 1. The molecule has 0 unspecified atom stereocenters. The van der Waals surface area contributed by atoms with Crippen LogP contribution in [0.3, 0.4) is 0 Å². The number of carbonyl (C=O) groups is 1. The Morgan fingerprint density at radius 3 is 2.80 bits per heavy atom. The van der Waals surface area contributed by atoms with Crippen LogP contribution in [0.1, 0.15) is 15.4 Å². The van der Waals surface area contributed by atoms with E-state index in [2.05, 4.69) is 10.3 Å². The van der Waals surface area contributed by atoms with Gasteiger partial charge >= 0.3 is 0 Å². The molecule has 5 nitrogen and oxygen atoms in total. The molecule has 0 saturated carbocycles. The van der Waals surface area contributed by atoms with Gasteiger partial charge in [0.25, 0.3) is 5.91 Å². The number of nitrogens with zero attached hydrogens (tertiary/aromatic N) is 1. The summed E-state index contributed by atoms with van der Waals surface area (Å²) in [5, 5.41) is 5.42. The van der Waals surface area contributed by atoms with Crippen LogP contribution in [0.4, 0.5) is 0 Å². The molecular formula is C12H11ClN2O3S2. The Labute approximate surface area is 125 Å². The third-order valence-corrected chi connectivity index (χ3v) is 4.71. The van der Waals surface area contributed by atoms with Crippen molar-refractivity contribution in [3.05, 3.63) is 45.4 Å². The lowest BCUT2D eigenvalue weighted by Crippen LogP contribution is -2.23. The first-order chi connectivity index (χ1) is 9.38. The van der Waals surface area contributed by atoms with Gasteiger partial charge in [-0.05, 0) is 18.2 Å². The third kappa shape index (κ3) is 3.56. The van der Waals surface area contributed by atoms with E-state index in [0.717, 1.165) is 11.3 Å². The summed E-state index contributed by atoms with van der Waals surface area (Å²) < 4.78 is 23.0. The number of sulfone groups is 1. The maximum atomic E-state index is 12.0. The van der Waals surface area contributed by atoms with Crippen molar-refractivity contribution in [3.8, 4) is 0 Å². The number of aromatic nitrogens is 1. The average molecular weight is 331 g/mol. The van der Waals surface area contributed by atoms with E-state index in [1.54, 1.807) is 11.6 Å². The van der Waals surface area contributed by atoms with E-state index in [4.69, 9.17) is 11.6 Å². The van der Waals surface area contributed by atoms with Gasteiger partial charge < -0.3 is 5.32 Å². The number of carbonyl (C=O) groups excluding carboxylic acids is 1. The molecular weight excluding hydrogens is 320 g/mol. The number of rotatable bonds is 4. The minimum atomic E-state index is -3.38. The summed E-state index contributed by atoms with van der Waals surface area (Å²) in [6, 6.07) is 4.04. The predicted molar refractivity (Wildman–Crippen MR) is 77.8 cm³/mol. The highest BCUT2D eigenvalue weighted by Crippen LogP contribution is 2.20. The van der Waals surface area contributed by atoms with Crippen LogP contribution >= 0.6 is 22.9 Å². The molecule has 1 amide bonds. The molecule has 0 aliphatic rings. The molecule has 0 aliphatic carbocycles. The zero-order valence-electron chi connectivity index (χ0n) is 10.5. The second kappa shape index (κ2) is 5.90. The van der Waals surface area contributed by atoms with Crippen molar-refractivity contribution in [1.82, 2.24) is 10.3 Å². The van der Waals surface area contributed by atoms with Crippen molar-refractivity contribution in [3.63, 3.8) is 0 Å². The van der Waals surface area contributed by atoms with Crippen LogP contribution in [-0.2, 0) is 16.4 Å². The molecule has 0 atom stereocenters. The first kappa shape index (κ1) is 15.0. The highest BCUT2D eigenvalue weighted by atomic mass is 35.5. The van der Waals surface area contributed by atoms with E-state index in [0.29, 0.717) is 0 Å². The van der Waals surface area contributed by atoms with E-state index < -0.39 is 15.7 Å². The first-order valence-corrected chi connectivity index (χ1v) is 8.69. The number of thiazole rings is 1. The standard InChI is InChI=1S/C12H11ClN2O3S2/c1-20(17,18)8-2-3-10(13)9(6-8)12(16)15-7-11-14-4-5-19-11/h2-6H,7H2,1H3,(H,15,16). The molecule has 8 heteroatoms. The smallest absolute Gasteiger partial charge is 0.253 e. The quantitative estimate of drug-likeness (QED) is 0.931. The van der Waals surface area contributed by atoms with E-state index in [-0.39, 0.29) is 22.0 Å². The molecule has 0 bridgehead atoms. The van der Waals surface area contributed by atoms with Crippen LogP contribution in [0.25, 0.3) is 0 Å². The second-order valence-corrected chi connectivity index (χ2v) is 7.42. The number of benzene rings is 1. The molecule has 2 aromatic rings. The summed E-state index contributed by atoms with van der Waals surface area (Å²) >= 11 is 7.35. The number of hydrogen-bond donors (Lipinski definition) is 1. The van der Waals surface area contributed by atoms with E-state index in [9.17, 15) is 13.2 Å². The normalized spacial score (nSPS) is 11.3. The Morgan fingerprint density at radius 1 is 1.45 bits per heavy atom. The minimum absolute atomic E-state index is 0.0568. The zero-order valence-corrected chi connectivity index (χ0v) is 12.8. The molecule has 0 radical (unpaired) electrons. The second-order valence-electron chi connectivity index (χ2n) is 4.02. The van der Waals surface area contributed by atoms with E-state index >= 15 is 0 Å². The van der Waals surface area contributed by atoms with Gasteiger partial charge in [0.15, 0.2) is 9.84 Å². The Kier molecular flexibility index (Phi) is 4.42. The molecule has 1 N–H and O–H groups in total. The maximum absolute atomic E-state index is 12.0. The Balaban J connectivity index is 2.21. The van der Waals surface area contributed by atoms with Gasteiger partial charge in [-0.3, -0.25) is 4.79 Å². The molecule has 0 aliphatic heterocycles. The monoisotopic (exact) mass is 330 g/mol. The van der Waals surface area contributed by atoms with Gasteiger partial charge in [0.05, 0.1) is 22.0 Å². The van der Waals surface area contributed by atoms with Crippen LogP contribution in [0.2, 0.25) is 5.02 Å². The molecule has 20 heavy (non-hydrogen) atoms. The summed E-state index contributed by atoms with van der Waals surface area (Å²) in [5.74, 6) is -0.435.